The molecule has 0 aliphatic rings. The van der Waals surface area contributed by atoms with Crippen molar-refractivity contribution in [3.05, 3.63) is 52.5 Å². The maximum atomic E-state index is 12.0. The predicted octanol–water partition coefficient (Wildman–Crippen LogP) is 3.52. The van der Waals surface area contributed by atoms with Gasteiger partial charge in [0.2, 0.25) is 5.82 Å². The fourth-order valence-corrected chi connectivity index (χ4v) is 2.02. The summed E-state index contributed by atoms with van der Waals surface area (Å²) in [6.45, 7) is 5.75. The Morgan fingerprint density at radius 1 is 1.12 bits per heavy atom. The Hall–Kier alpha value is -2.48. The summed E-state index contributed by atoms with van der Waals surface area (Å²) in [6, 6.07) is 7.08. The van der Waals surface area contributed by atoms with Crippen LogP contribution in [0.5, 0.6) is 0 Å². The van der Waals surface area contributed by atoms with Crippen LogP contribution < -0.4 is 10.6 Å². The van der Waals surface area contributed by atoms with E-state index in [4.69, 9.17) is 4.74 Å². The monoisotopic (exact) mass is 406 g/mol. The molecule has 2 N–H and O–H groups in total. The van der Waals surface area contributed by atoms with E-state index in [-0.39, 0.29) is 5.82 Å². The molecular weight excluding hydrogens is 388 g/mol. The molecule has 0 aliphatic heterocycles. The number of alkyl carbamates (subject to hydrolysis) is 1. The van der Waals surface area contributed by atoms with E-state index < -0.39 is 17.6 Å². The number of hydrogen-bond donors (Lipinski definition) is 2. The lowest BCUT2D eigenvalue weighted by Gasteiger charge is -2.19. The molecule has 0 saturated carbocycles. The molecule has 2 amide bonds. The van der Waals surface area contributed by atoms with Crippen LogP contribution in [0.2, 0.25) is 0 Å². The van der Waals surface area contributed by atoms with Crippen LogP contribution in [0.15, 0.2) is 41.1 Å². The third-order valence-corrected chi connectivity index (χ3v) is 3.28. The second-order valence-electron chi connectivity index (χ2n) is 6.23. The average molecular weight is 407 g/mol. The standard InChI is InChI=1S/C17H19BrN4O3/c1-17(2,3)25-16(24)21-8-11-4-6-13(7-5-11)22-15(23)14-19-9-12(18)10-20-14/h4-7,9-10H,8H2,1-3H3,(H,21,24)(H,22,23). The molecule has 0 saturated heterocycles. The summed E-state index contributed by atoms with van der Waals surface area (Å²) >= 11 is 3.21. The fourth-order valence-electron chi connectivity index (χ4n) is 1.81. The zero-order valence-electron chi connectivity index (χ0n) is 14.2. The van der Waals surface area contributed by atoms with Crippen LogP contribution in [0.3, 0.4) is 0 Å². The number of amides is 2. The van der Waals surface area contributed by atoms with Crippen LogP contribution in [-0.2, 0) is 11.3 Å². The number of carbonyl (C=O) groups excluding carboxylic acids is 2. The number of nitrogens with one attached hydrogen (secondary N) is 2. The smallest absolute Gasteiger partial charge is 0.407 e. The van der Waals surface area contributed by atoms with Crippen molar-refractivity contribution in [1.82, 2.24) is 15.3 Å². The van der Waals surface area contributed by atoms with Gasteiger partial charge in [0, 0.05) is 24.6 Å². The number of anilines is 1. The van der Waals surface area contributed by atoms with Gasteiger partial charge in [-0.25, -0.2) is 14.8 Å². The summed E-state index contributed by atoms with van der Waals surface area (Å²) in [4.78, 5) is 31.5. The number of benzene rings is 1. The van der Waals surface area contributed by atoms with E-state index in [0.29, 0.717) is 16.7 Å². The summed E-state index contributed by atoms with van der Waals surface area (Å²) in [6.07, 6.45) is 2.54. The van der Waals surface area contributed by atoms with Crippen LogP contribution in [0.4, 0.5) is 10.5 Å². The normalized spacial score (nSPS) is 10.9. The van der Waals surface area contributed by atoms with Crippen molar-refractivity contribution in [2.75, 3.05) is 5.32 Å². The minimum absolute atomic E-state index is 0.0823. The van der Waals surface area contributed by atoms with Gasteiger partial charge in [0.15, 0.2) is 0 Å². The summed E-state index contributed by atoms with van der Waals surface area (Å²) < 4.78 is 5.87. The van der Waals surface area contributed by atoms with Crippen LogP contribution >= 0.6 is 15.9 Å². The van der Waals surface area contributed by atoms with Gasteiger partial charge < -0.3 is 15.4 Å². The first-order valence-electron chi connectivity index (χ1n) is 7.57. The number of rotatable bonds is 4. The van der Waals surface area contributed by atoms with E-state index in [1.54, 1.807) is 45.0 Å². The van der Waals surface area contributed by atoms with Gasteiger partial charge in [-0.05, 0) is 54.4 Å². The van der Waals surface area contributed by atoms with Gasteiger partial charge >= 0.3 is 6.09 Å². The lowest BCUT2D eigenvalue weighted by molar-refractivity contribution is 0.0523. The van der Waals surface area contributed by atoms with Crippen molar-refractivity contribution in [3.63, 3.8) is 0 Å². The largest absolute Gasteiger partial charge is 0.444 e. The number of ether oxygens (including phenoxy) is 1. The lowest BCUT2D eigenvalue weighted by atomic mass is 10.2. The molecule has 1 aromatic heterocycles. The number of aromatic nitrogens is 2. The average Bonchev–Trinajstić information content (AvgIpc) is 2.53. The number of hydrogen-bond acceptors (Lipinski definition) is 5. The second-order valence-corrected chi connectivity index (χ2v) is 7.15. The first kappa shape index (κ1) is 18.9. The van der Waals surface area contributed by atoms with E-state index in [2.05, 4.69) is 36.5 Å². The quantitative estimate of drug-likeness (QED) is 0.809. The topological polar surface area (TPSA) is 93.2 Å². The fraction of sp³-hybridized carbons (Fsp3) is 0.294. The zero-order chi connectivity index (χ0) is 18.4. The lowest BCUT2D eigenvalue weighted by Crippen LogP contribution is -2.32. The molecule has 2 rings (SSSR count). The van der Waals surface area contributed by atoms with E-state index >= 15 is 0 Å². The molecule has 0 spiro atoms. The minimum Gasteiger partial charge on any atom is -0.444 e. The first-order valence-corrected chi connectivity index (χ1v) is 8.37. The van der Waals surface area contributed by atoms with Crippen molar-refractivity contribution >= 4 is 33.6 Å². The molecule has 132 valence electrons. The van der Waals surface area contributed by atoms with E-state index in [0.717, 1.165) is 5.56 Å². The molecule has 1 heterocycles. The van der Waals surface area contributed by atoms with Crippen molar-refractivity contribution in [3.8, 4) is 0 Å². The maximum absolute atomic E-state index is 12.0. The summed E-state index contributed by atoms with van der Waals surface area (Å²) in [5, 5.41) is 5.38. The Kier molecular flexibility index (Phi) is 6.08. The first-order chi connectivity index (χ1) is 11.7. The summed E-state index contributed by atoms with van der Waals surface area (Å²) in [5.74, 6) is -0.314. The van der Waals surface area contributed by atoms with Crippen LogP contribution in [0.25, 0.3) is 0 Å². The van der Waals surface area contributed by atoms with Crippen molar-refractivity contribution in [2.24, 2.45) is 0 Å². The van der Waals surface area contributed by atoms with Crippen molar-refractivity contribution in [2.45, 2.75) is 32.9 Å². The SMILES string of the molecule is CC(C)(C)OC(=O)NCc1ccc(NC(=O)c2ncc(Br)cn2)cc1. The maximum Gasteiger partial charge on any atom is 0.407 e. The third kappa shape index (κ3) is 6.50. The Morgan fingerprint density at radius 3 is 2.28 bits per heavy atom. The molecule has 0 bridgehead atoms. The molecule has 0 radical (unpaired) electrons. The molecule has 0 atom stereocenters. The number of halogens is 1. The molecule has 8 heteroatoms. The van der Waals surface area contributed by atoms with Gasteiger partial charge in [-0.3, -0.25) is 4.79 Å². The third-order valence-electron chi connectivity index (χ3n) is 2.87. The minimum atomic E-state index is -0.534. The molecule has 1 aromatic carbocycles. The van der Waals surface area contributed by atoms with E-state index in [9.17, 15) is 9.59 Å². The summed E-state index contributed by atoms with van der Waals surface area (Å²) in [5.41, 5.74) is 0.953. The highest BCUT2D eigenvalue weighted by Crippen LogP contribution is 2.12. The Bertz CT molecular complexity index is 740. The Balaban J connectivity index is 1.88. The highest BCUT2D eigenvalue weighted by atomic mass is 79.9. The molecule has 7 nitrogen and oxygen atoms in total. The van der Waals surface area contributed by atoms with E-state index in [1.807, 2.05) is 0 Å². The van der Waals surface area contributed by atoms with Gasteiger partial charge in [0.25, 0.3) is 5.91 Å². The molecule has 25 heavy (non-hydrogen) atoms. The highest BCUT2D eigenvalue weighted by Gasteiger charge is 2.15. The molecule has 0 unspecified atom stereocenters. The molecule has 0 fully saturated rings. The van der Waals surface area contributed by atoms with Crippen LogP contribution in [0.1, 0.15) is 37.0 Å². The second kappa shape index (κ2) is 8.06. The summed E-state index contributed by atoms with van der Waals surface area (Å²) in [7, 11) is 0. The van der Waals surface area contributed by atoms with Gasteiger partial charge in [-0.1, -0.05) is 12.1 Å². The molecule has 2 aromatic rings. The van der Waals surface area contributed by atoms with E-state index in [1.165, 1.54) is 12.4 Å². The zero-order valence-corrected chi connectivity index (χ0v) is 15.8. The van der Waals surface area contributed by atoms with Gasteiger partial charge in [-0.15, -0.1) is 0 Å². The molecule has 0 aliphatic carbocycles. The van der Waals surface area contributed by atoms with Gasteiger partial charge in [-0.2, -0.15) is 0 Å². The van der Waals surface area contributed by atoms with Crippen LogP contribution in [-0.4, -0.2) is 27.6 Å². The van der Waals surface area contributed by atoms with Crippen molar-refractivity contribution in [1.29, 1.82) is 0 Å². The molecular formula is C17H19BrN4O3. The van der Waals surface area contributed by atoms with Gasteiger partial charge in [0.05, 0.1) is 4.47 Å². The van der Waals surface area contributed by atoms with Crippen LogP contribution in [0, 0.1) is 0 Å². The highest BCUT2D eigenvalue weighted by molar-refractivity contribution is 9.10. The number of nitrogens with zero attached hydrogens (tertiary/aromatic N) is 2. The van der Waals surface area contributed by atoms with Crippen molar-refractivity contribution < 1.29 is 14.3 Å². The number of carbonyl (C=O) groups is 2. The Morgan fingerprint density at radius 2 is 1.72 bits per heavy atom. The predicted molar refractivity (Wildman–Crippen MR) is 97.2 cm³/mol. The Labute approximate surface area is 154 Å². The van der Waals surface area contributed by atoms with Gasteiger partial charge in [0.1, 0.15) is 5.60 Å².